The number of alkyl halides is 3. The highest BCUT2D eigenvalue weighted by Gasteiger charge is 2.38. The first kappa shape index (κ1) is 18.8. The third-order valence-corrected chi connectivity index (χ3v) is 4.59. The summed E-state index contributed by atoms with van der Waals surface area (Å²) in [4.78, 5) is 30.0. The normalized spacial score (nSPS) is 11.4. The summed E-state index contributed by atoms with van der Waals surface area (Å²) >= 11 is 1.11. The monoisotopic (exact) mass is 395 g/mol. The molecule has 0 unspecified atom stereocenters. The van der Waals surface area contributed by atoms with Gasteiger partial charge in [0.1, 0.15) is 0 Å². The van der Waals surface area contributed by atoms with Crippen LogP contribution in [0.1, 0.15) is 21.1 Å². The minimum Gasteiger partial charge on any atom is -0.334 e. The van der Waals surface area contributed by atoms with Crippen molar-refractivity contribution in [3.05, 3.63) is 58.8 Å². The predicted molar refractivity (Wildman–Crippen MR) is 89.9 cm³/mol. The zero-order valence-corrected chi connectivity index (χ0v) is 14.7. The summed E-state index contributed by atoms with van der Waals surface area (Å²) in [6.07, 6.45) is -4.71. The third kappa shape index (κ3) is 4.22. The lowest BCUT2D eigenvalue weighted by Gasteiger charge is -2.15. The first-order chi connectivity index (χ1) is 12.8. The Hall–Kier alpha value is -3.01. The summed E-state index contributed by atoms with van der Waals surface area (Å²) < 4.78 is 41.8. The molecule has 0 spiro atoms. The van der Waals surface area contributed by atoms with Gasteiger partial charge in [0.25, 0.3) is 5.91 Å². The lowest BCUT2D eigenvalue weighted by atomic mass is 10.1. The molecule has 0 aliphatic carbocycles. The Morgan fingerprint density at radius 2 is 1.85 bits per heavy atom. The Kier molecular flexibility index (Phi) is 5.08. The quantitative estimate of drug-likeness (QED) is 0.487. The van der Waals surface area contributed by atoms with E-state index in [1.165, 1.54) is 18.0 Å². The first-order valence-electron chi connectivity index (χ1n) is 7.60. The molecule has 0 aliphatic heterocycles. The molecule has 27 heavy (non-hydrogen) atoms. The second-order valence-corrected chi connectivity index (χ2v) is 6.71. The van der Waals surface area contributed by atoms with E-state index >= 15 is 0 Å². The van der Waals surface area contributed by atoms with Gasteiger partial charge in [-0.15, -0.1) is 11.3 Å². The van der Waals surface area contributed by atoms with Gasteiger partial charge in [0, 0.05) is 17.5 Å². The summed E-state index contributed by atoms with van der Waals surface area (Å²) in [6.45, 7) is 0.117. The molecule has 0 atom stereocenters. The number of likely N-dealkylation sites (N-methyl/N-ethyl adjacent to an activating group) is 1. The number of halogens is 3. The van der Waals surface area contributed by atoms with E-state index in [0.29, 0.717) is 9.75 Å². The predicted octanol–water partition coefficient (Wildman–Crippen LogP) is 3.66. The van der Waals surface area contributed by atoms with Crippen molar-refractivity contribution in [1.29, 1.82) is 0 Å². The number of thiophene rings is 1. The maximum atomic E-state index is 12.5. The highest BCUT2D eigenvalue weighted by molar-refractivity contribution is 7.15. The molecule has 3 rings (SSSR count). The Balaban J connectivity index is 1.69. The summed E-state index contributed by atoms with van der Waals surface area (Å²) in [5.74, 6) is -2.93. The van der Waals surface area contributed by atoms with Gasteiger partial charge in [0.05, 0.1) is 11.4 Å². The van der Waals surface area contributed by atoms with Gasteiger partial charge < -0.3 is 9.42 Å². The molecule has 0 saturated carbocycles. The number of amides is 1. The minimum atomic E-state index is -4.71. The van der Waals surface area contributed by atoms with Gasteiger partial charge in [0.2, 0.25) is 11.6 Å². The SMILES string of the molecule is CN(Cc1ccc(-c2noc(C(F)(F)F)n2)s1)C(=O)C(=O)c1ccccc1. The van der Waals surface area contributed by atoms with Crippen LogP contribution in [0.5, 0.6) is 0 Å². The molecule has 2 heterocycles. The Labute approximate surface area is 155 Å². The second kappa shape index (κ2) is 7.31. The lowest BCUT2D eigenvalue weighted by molar-refractivity contribution is -0.159. The molecule has 0 fully saturated rings. The molecule has 0 N–H and O–H groups in total. The number of hydrogen-bond donors (Lipinski definition) is 0. The summed E-state index contributed by atoms with van der Waals surface area (Å²) in [6, 6.07) is 11.3. The van der Waals surface area contributed by atoms with Gasteiger partial charge in [-0.1, -0.05) is 35.5 Å². The number of ketones is 1. The van der Waals surface area contributed by atoms with E-state index in [2.05, 4.69) is 14.7 Å². The molecule has 0 bridgehead atoms. The van der Waals surface area contributed by atoms with Crippen molar-refractivity contribution in [2.75, 3.05) is 7.05 Å². The number of nitrogens with zero attached hydrogens (tertiary/aromatic N) is 3. The van der Waals surface area contributed by atoms with E-state index < -0.39 is 23.8 Å². The molecule has 2 aromatic heterocycles. The van der Waals surface area contributed by atoms with Gasteiger partial charge in [-0.2, -0.15) is 18.2 Å². The topological polar surface area (TPSA) is 76.3 Å². The van der Waals surface area contributed by atoms with Crippen LogP contribution in [0.15, 0.2) is 47.0 Å². The van der Waals surface area contributed by atoms with E-state index in [-0.39, 0.29) is 17.9 Å². The molecule has 6 nitrogen and oxygen atoms in total. The van der Waals surface area contributed by atoms with Gasteiger partial charge in [0.15, 0.2) is 0 Å². The van der Waals surface area contributed by atoms with Gasteiger partial charge in [-0.25, -0.2) is 0 Å². The molecular weight excluding hydrogens is 383 g/mol. The van der Waals surface area contributed by atoms with Gasteiger partial charge >= 0.3 is 12.1 Å². The Morgan fingerprint density at radius 3 is 2.48 bits per heavy atom. The first-order valence-corrected chi connectivity index (χ1v) is 8.42. The number of rotatable bonds is 5. The van der Waals surface area contributed by atoms with E-state index in [1.54, 1.807) is 36.4 Å². The van der Waals surface area contributed by atoms with Crippen molar-refractivity contribution in [3.63, 3.8) is 0 Å². The van der Waals surface area contributed by atoms with Crippen molar-refractivity contribution in [3.8, 4) is 10.7 Å². The van der Waals surface area contributed by atoms with Gasteiger partial charge in [-0.3, -0.25) is 9.59 Å². The number of carbonyl (C=O) groups is 2. The molecular formula is C17H12F3N3O3S. The fourth-order valence-corrected chi connectivity index (χ4v) is 3.20. The van der Waals surface area contributed by atoms with Crippen LogP contribution < -0.4 is 0 Å². The lowest BCUT2D eigenvalue weighted by Crippen LogP contribution is -2.32. The molecule has 0 radical (unpaired) electrons. The Morgan fingerprint density at radius 1 is 1.15 bits per heavy atom. The zero-order valence-electron chi connectivity index (χ0n) is 13.9. The van der Waals surface area contributed by atoms with Crippen molar-refractivity contribution < 1.29 is 27.3 Å². The number of Topliss-reactive ketones (excluding diaryl/α,β-unsaturated/α-hetero) is 1. The standard InChI is InChI=1S/C17H12F3N3O3S/c1-23(15(25)13(24)10-5-3-2-4-6-10)9-11-7-8-12(27-11)14-21-16(26-22-14)17(18,19)20/h2-8H,9H2,1H3. The molecule has 0 aliphatic rings. The molecule has 140 valence electrons. The van der Waals surface area contributed by atoms with Crippen LogP contribution >= 0.6 is 11.3 Å². The largest absolute Gasteiger partial charge is 0.471 e. The summed E-state index contributed by atoms with van der Waals surface area (Å²) in [5, 5.41) is 3.32. The van der Waals surface area contributed by atoms with Crippen molar-refractivity contribution >= 4 is 23.0 Å². The Bertz CT molecular complexity index is 966. The van der Waals surface area contributed by atoms with Crippen molar-refractivity contribution in [2.45, 2.75) is 12.7 Å². The van der Waals surface area contributed by atoms with Crippen LogP contribution in [0, 0.1) is 0 Å². The molecule has 1 amide bonds. The zero-order chi connectivity index (χ0) is 19.6. The van der Waals surface area contributed by atoms with E-state index in [9.17, 15) is 22.8 Å². The average molecular weight is 395 g/mol. The molecule has 3 aromatic rings. The smallest absolute Gasteiger partial charge is 0.334 e. The van der Waals surface area contributed by atoms with Crippen LogP contribution in [0.25, 0.3) is 10.7 Å². The molecule has 1 aromatic carbocycles. The number of carbonyl (C=O) groups excluding carboxylic acids is 2. The molecule has 0 saturated heterocycles. The highest BCUT2D eigenvalue weighted by atomic mass is 32.1. The fourth-order valence-electron chi connectivity index (χ4n) is 2.21. The molecule has 10 heteroatoms. The van der Waals surface area contributed by atoms with E-state index in [0.717, 1.165) is 11.3 Å². The van der Waals surface area contributed by atoms with Gasteiger partial charge in [-0.05, 0) is 12.1 Å². The number of hydrogen-bond acceptors (Lipinski definition) is 6. The minimum absolute atomic E-state index is 0.117. The van der Waals surface area contributed by atoms with E-state index in [4.69, 9.17) is 0 Å². The van der Waals surface area contributed by atoms with Crippen LogP contribution in [0.4, 0.5) is 13.2 Å². The van der Waals surface area contributed by atoms with Crippen LogP contribution in [-0.4, -0.2) is 33.8 Å². The maximum absolute atomic E-state index is 12.5. The van der Waals surface area contributed by atoms with Crippen molar-refractivity contribution in [2.24, 2.45) is 0 Å². The third-order valence-electron chi connectivity index (χ3n) is 3.52. The van der Waals surface area contributed by atoms with Crippen LogP contribution in [0.3, 0.4) is 0 Å². The van der Waals surface area contributed by atoms with Crippen LogP contribution in [-0.2, 0) is 17.5 Å². The highest BCUT2D eigenvalue weighted by Crippen LogP contribution is 2.32. The number of aromatic nitrogens is 2. The van der Waals surface area contributed by atoms with E-state index in [1.807, 2.05) is 0 Å². The second-order valence-electron chi connectivity index (χ2n) is 5.54. The number of benzene rings is 1. The van der Waals surface area contributed by atoms with Crippen LogP contribution in [0.2, 0.25) is 0 Å². The maximum Gasteiger partial charge on any atom is 0.471 e. The fraction of sp³-hybridized carbons (Fsp3) is 0.176. The summed E-state index contributed by atoms with van der Waals surface area (Å²) in [7, 11) is 1.47. The summed E-state index contributed by atoms with van der Waals surface area (Å²) in [5.41, 5.74) is 0.285. The van der Waals surface area contributed by atoms with Crippen molar-refractivity contribution in [1.82, 2.24) is 15.0 Å². The average Bonchev–Trinajstić information content (AvgIpc) is 3.30.